The number of benzene rings is 1. The van der Waals surface area contributed by atoms with E-state index in [9.17, 15) is 9.18 Å². The normalized spacial score (nSPS) is 16.2. The van der Waals surface area contributed by atoms with Gasteiger partial charge in [0.25, 0.3) is 5.91 Å². The lowest BCUT2D eigenvalue weighted by molar-refractivity contribution is 0.0211. The topological polar surface area (TPSA) is 81.1 Å². The van der Waals surface area contributed by atoms with Crippen molar-refractivity contribution in [3.05, 3.63) is 59.9 Å². The van der Waals surface area contributed by atoms with Crippen LogP contribution in [0.4, 0.5) is 10.1 Å². The molecule has 3 aromatic rings. The maximum atomic E-state index is 14.4. The van der Waals surface area contributed by atoms with Gasteiger partial charge in [0, 0.05) is 35.8 Å². The first-order valence-electron chi connectivity index (χ1n) is 10.0. The highest BCUT2D eigenvalue weighted by Crippen LogP contribution is 2.26. The van der Waals surface area contributed by atoms with Gasteiger partial charge in [-0.1, -0.05) is 0 Å². The molecule has 1 aliphatic carbocycles. The smallest absolute Gasteiger partial charge is 0.254 e. The monoisotopic (exact) mass is 407 g/mol. The first-order chi connectivity index (χ1) is 14.6. The van der Waals surface area contributed by atoms with Gasteiger partial charge < -0.3 is 15.4 Å². The van der Waals surface area contributed by atoms with Crippen molar-refractivity contribution in [2.75, 3.05) is 18.5 Å². The number of aryl methyl sites for hydroxylation is 1. The summed E-state index contributed by atoms with van der Waals surface area (Å²) in [6.45, 7) is 3.19. The van der Waals surface area contributed by atoms with E-state index >= 15 is 0 Å². The third-order valence-corrected chi connectivity index (χ3v) is 5.35. The summed E-state index contributed by atoms with van der Waals surface area (Å²) < 4.78 is 21.3. The Kier molecular flexibility index (Phi) is 4.71. The third kappa shape index (κ3) is 3.78. The van der Waals surface area contributed by atoms with Crippen LogP contribution in [-0.4, -0.2) is 46.0 Å². The molecule has 2 aromatic heterocycles. The van der Waals surface area contributed by atoms with E-state index in [-0.39, 0.29) is 17.5 Å². The molecule has 2 aliphatic rings. The summed E-state index contributed by atoms with van der Waals surface area (Å²) in [7, 11) is 0. The highest BCUT2D eigenvalue weighted by molar-refractivity contribution is 5.95. The molecule has 0 unspecified atom stereocenters. The number of carbonyl (C=O) groups is 1. The van der Waals surface area contributed by atoms with Gasteiger partial charge in [0.1, 0.15) is 5.82 Å². The van der Waals surface area contributed by atoms with Gasteiger partial charge in [-0.15, -0.1) is 0 Å². The van der Waals surface area contributed by atoms with E-state index in [4.69, 9.17) is 4.74 Å². The Morgan fingerprint density at radius 2 is 1.97 bits per heavy atom. The Balaban J connectivity index is 1.42. The molecule has 5 rings (SSSR count). The minimum atomic E-state index is -0.523. The summed E-state index contributed by atoms with van der Waals surface area (Å²) in [4.78, 5) is 16.7. The zero-order chi connectivity index (χ0) is 20.7. The molecule has 1 saturated heterocycles. The summed E-state index contributed by atoms with van der Waals surface area (Å²) in [5.41, 5.74) is 4.11. The lowest BCUT2D eigenvalue weighted by atomic mass is 10.1. The van der Waals surface area contributed by atoms with Crippen LogP contribution < -0.4 is 10.6 Å². The SMILES string of the molecule is Cc1cc(F)c(C(=O)NC2CC2)cc1-n1cc(-c2cncc(NC3COC3)c2)cn1. The predicted octanol–water partition coefficient (Wildman–Crippen LogP) is 3.08. The third-order valence-electron chi connectivity index (χ3n) is 5.35. The minimum Gasteiger partial charge on any atom is -0.377 e. The van der Waals surface area contributed by atoms with Gasteiger partial charge >= 0.3 is 0 Å². The second-order valence-corrected chi connectivity index (χ2v) is 7.88. The van der Waals surface area contributed by atoms with E-state index in [0.29, 0.717) is 30.5 Å². The van der Waals surface area contributed by atoms with E-state index < -0.39 is 5.82 Å². The van der Waals surface area contributed by atoms with E-state index in [1.807, 2.05) is 12.3 Å². The molecular formula is C22H22FN5O2. The summed E-state index contributed by atoms with van der Waals surface area (Å²) in [6.07, 6.45) is 9.04. The number of pyridine rings is 1. The molecule has 1 aliphatic heterocycles. The lowest BCUT2D eigenvalue weighted by Crippen LogP contribution is -2.40. The molecule has 2 fully saturated rings. The highest BCUT2D eigenvalue weighted by atomic mass is 19.1. The van der Waals surface area contributed by atoms with Crippen LogP contribution >= 0.6 is 0 Å². The zero-order valence-corrected chi connectivity index (χ0v) is 16.6. The fourth-order valence-electron chi connectivity index (χ4n) is 3.41. The van der Waals surface area contributed by atoms with Crippen LogP contribution in [0.3, 0.4) is 0 Å². The largest absolute Gasteiger partial charge is 0.377 e. The number of halogens is 1. The average molecular weight is 407 g/mol. The zero-order valence-electron chi connectivity index (χ0n) is 16.6. The van der Waals surface area contributed by atoms with Gasteiger partial charge in [0.2, 0.25) is 0 Å². The Labute approximate surface area is 173 Å². The van der Waals surface area contributed by atoms with Crippen molar-refractivity contribution < 1.29 is 13.9 Å². The van der Waals surface area contributed by atoms with Gasteiger partial charge in [-0.05, 0) is 43.5 Å². The fraction of sp³-hybridized carbons (Fsp3) is 0.318. The number of nitrogens with one attached hydrogen (secondary N) is 2. The Morgan fingerprint density at radius 1 is 1.13 bits per heavy atom. The Morgan fingerprint density at radius 3 is 2.70 bits per heavy atom. The van der Waals surface area contributed by atoms with Gasteiger partial charge in [0.15, 0.2) is 0 Å². The van der Waals surface area contributed by atoms with Crippen LogP contribution in [0, 0.1) is 12.7 Å². The predicted molar refractivity (Wildman–Crippen MR) is 110 cm³/mol. The number of ether oxygens (including phenoxy) is 1. The number of hydrogen-bond acceptors (Lipinski definition) is 5. The number of rotatable bonds is 6. The molecule has 0 atom stereocenters. The maximum Gasteiger partial charge on any atom is 0.254 e. The van der Waals surface area contributed by atoms with Crippen molar-refractivity contribution in [3.8, 4) is 16.8 Å². The maximum absolute atomic E-state index is 14.4. The molecule has 0 radical (unpaired) electrons. The Hall–Kier alpha value is -3.26. The lowest BCUT2D eigenvalue weighted by Gasteiger charge is -2.27. The molecule has 2 N–H and O–H groups in total. The van der Waals surface area contributed by atoms with Crippen LogP contribution in [0.25, 0.3) is 16.8 Å². The van der Waals surface area contributed by atoms with Crippen LogP contribution in [0.1, 0.15) is 28.8 Å². The van der Waals surface area contributed by atoms with Crippen LogP contribution in [0.15, 0.2) is 43.0 Å². The Bertz CT molecular complexity index is 1100. The van der Waals surface area contributed by atoms with Crippen molar-refractivity contribution >= 4 is 11.6 Å². The summed E-state index contributed by atoms with van der Waals surface area (Å²) >= 11 is 0. The molecule has 154 valence electrons. The second-order valence-electron chi connectivity index (χ2n) is 7.88. The highest BCUT2D eigenvalue weighted by Gasteiger charge is 2.26. The van der Waals surface area contributed by atoms with E-state index in [2.05, 4.69) is 20.7 Å². The molecule has 7 nitrogen and oxygen atoms in total. The number of carbonyl (C=O) groups excluding carboxylic acids is 1. The molecule has 8 heteroatoms. The van der Waals surface area contributed by atoms with Crippen molar-refractivity contribution in [3.63, 3.8) is 0 Å². The van der Waals surface area contributed by atoms with Crippen LogP contribution in [0.5, 0.6) is 0 Å². The molecule has 3 heterocycles. The molecular weight excluding hydrogens is 385 g/mol. The summed E-state index contributed by atoms with van der Waals surface area (Å²) in [6, 6.07) is 5.43. The molecule has 1 amide bonds. The van der Waals surface area contributed by atoms with Crippen LogP contribution in [0.2, 0.25) is 0 Å². The van der Waals surface area contributed by atoms with Gasteiger partial charge in [0.05, 0.1) is 42.4 Å². The molecule has 0 spiro atoms. The summed E-state index contributed by atoms with van der Waals surface area (Å²) in [5, 5.41) is 10.7. The van der Waals surface area contributed by atoms with Crippen molar-refractivity contribution in [2.45, 2.75) is 31.8 Å². The number of hydrogen-bond donors (Lipinski definition) is 2. The van der Waals surface area contributed by atoms with Crippen molar-refractivity contribution in [1.29, 1.82) is 0 Å². The second kappa shape index (κ2) is 7.53. The van der Waals surface area contributed by atoms with Crippen molar-refractivity contribution in [1.82, 2.24) is 20.1 Å². The molecule has 0 bridgehead atoms. The number of aromatic nitrogens is 3. The molecule has 1 saturated carbocycles. The number of amides is 1. The molecule has 1 aromatic carbocycles. The van der Waals surface area contributed by atoms with Crippen molar-refractivity contribution in [2.24, 2.45) is 0 Å². The number of anilines is 1. The van der Waals surface area contributed by atoms with E-state index in [1.165, 1.54) is 6.07 Å². The summed E-state index contributed by atoms with van der Waals surface area (Å²) in [5.74, 6) is -0.906. The fourth-order valence-corrected chi connectivity index (χ4v) is 3.41. The number of nitrogens with zero attached hydrogens (tertiary/aromatic N) is 3. The van der Waals surface area contributed by atoms with Crippen LogP contribution in [-0.2, 0) is 4.74 Å². The minimum absolute atomic E-state index is 0.0372. The molecule has 30 heavy (non-hydrogen) atoms. The first kappa shape index (κ1) is 18.7. The van der Waals surface area contributed by atoms with Gasteiger partial charge in [-0.3, -0.25) is 9.78 Å². The van der Waals surface area contributed by atoms with E-state index in [0.717, 1.165) is 29.7 Å². The quantitative estimate of drug-likeness (QED) is 0.656. The van der Waals surface area contributed by atoms with Gasteiger partial charge in [-0.2, -0.15) is 5.10 Å². The first-order valence-corrected chi connectivity index (χ1v) is 10.0. The standard InChI is InChI=1S/C22H22FN5O2/c1-13-4-20(23)19(22(29)27-16-2-3-16)6-21(13)28-10-15(8-25-28)14-5-17(9-24-7-14)26-18-11-30-12-18/h4-10,16,18,26H,2-3,11-12H2,1H3,(H,27,29). The average Bonchev–Trinajstić information content (AvgIpc) is 3.37. The van der Waals surface area contributed by atoms with E-state index in [1.54, 1.807) is 36.3 Å². The van der Waals surface area contributed by atoms with Gasteiger partial charge in [-0.25, -0.2) is 9.07 Å².